The summed E-state index contributed by atoms with van der Waals surface area (Å²) < 4.78 is 1.49. The topological polar surface area (TPSA) is 64.0 Å². The summed E-state index contributed by atoms with van der Waals surface area (Å²) in [6, 6.07) is 13.5. The number of carbonyl (C=O) groups is 1. The highest BCUT2D eigenvalue weighted by Crippen LogP contribution is 2.30. The summed E-state index contributed by atoms with van der Waals surface area (Å²) in [6.45, 7) is 4.20. The largest absolute Gasteiger partial charge is 0.325 e. The van der Waals surface area contributed by atoms with Crippen LogP contribution in [-0.2, 0) is 11.3 Å². The molecule has 4 rings (SSSR count). The molecule has 152 valence electrons. The molecule has 2 aromatic carbocycles. The van der Waals surface area contributed by atoms with E-state index in [9.17, 15) is 9.59 Å². The van der Waals surface area contributed by atoms with Crippen molar-refractivity contribution in [1.82, 2.24) is 9.55 Å². The molecule has 0 aliphatic rings. The first-order valence-corrected chi connectivity index (χ1v) is 10.8. The fourth-order valence-corrected chi connectivity index (χ4v) is 4.42. The van der Waals surface area contributed by atoms with E-state index in [2.05, 4.69) is 10.3 Å². The van der Waals surface area contributed by atoms with Crippen molar-refractivity contribution in [1.29, 1.82) is 0 Å². The summed E-state index contributed by atoms with van der Waals surface area (Å²) in [6.07, 6.45) is 1.65. The van der Waals surface area contributed by atoms with E-state index in [1.54, 1.807) is 12.1 Å². The smallest absolute Gasteiger partial charge is 0.262 e. The highest BCUT2D eigenvalue weighted by Gasteiger charge is 2.14. The molecule has 0 spiro atoms. The van der Waals surface area contributed by atoms with Crippen molar-refractivity contribution in [3.63, 3.8) is 0 Å². The van der Waals surface area contributed by atoms with Gasteiger partial charge in [0, 0.05) is 23.9 Å². The number of benzene rings is 2. The molecule has 0 atom stereocenters. The van der Waals surface area contributed by atoms with Gasteiger partial charge in [0.25, 0.3) is 5.56 Å². The first kappa shape index (κ1) is 20.3. The molecular weight excluding hydrogens is 418 g/mol. The van der Waals surface area contributed by atoms with Gasteiger partial charge in [0.2, 0.25) is 5.91 Å². The number of nitrogens with zero attached hydrogens (tertiary/aromatic N) is 2. The molecule has 0 aliphatic heterocycles. The summed E-state index contributed by atoms with van der Waals surface area (Å²) in [7, 11) is 0. The summed E-state index contributed by atoms with van der Waals surface area (Å²) >= 11 is 7.62. The Kier molecular flexibility index (Phi) is 5.70. The predicted octanol–water partition coefficient (Wildman–Crippen LogP) is 5.42. The predicted molar refractivity (Wildman–Crippen MR) is 123 cm³/mol. The number of halogens is 1. The number of rotatable bonds is 5. The first-order chi connectivity index (χ1) is 14.4. The van der Waals surface area contributed by atoms with Crippen LogP contribution >= 0.6 is 22.9 Å². The van der Waals surface area contributed by atoms with Crippen LogP contribution in [0.1, 0.15) is 17.5 Å². The molecule has 1 N–H and O–H groups in total. The molecule has 0 saturated carbocycles. The van der Waals surface area contributed by atoms with Crippen molar-refractivity contribution in [2.45, 2.75) is 26.8 Å². The summed E-state index contributed by atoms with van der Waals surface area (Å²) in [5.74, 6) is -0.211. The molecule has 4 aromatic rings. The Balaban J connectivity index is 1.55. The van der Waals surface area contributed by atoms with Gasteiger partial charge < -0.3 is 5.32 Å². The fourth-order valence-electron chi connectivity index (χ4n) is 3.23. The van der Waals surface area contributed by atoms with E-state index in [-0.39, 0.29) is 24.4 Å². The summed E-state index contributed by atoms with van der Waals surface area (Å²) in [4.78, 5) is 30.6. The van der Waals surface area contributed by atoms with Crippen LogP contribution in [0.15, 0.2) is 59.0 Å². The standard InChI is InChI=1S/C23H20ClN3O2S/c1-14-3-6-16(7-4-14)17-12-30-22-21(17)23(29)27(13-25-22)10-9-20(28)26-19-8-5-15(2)11-18(19)24/h3-8,11-13H,9-10H2,1-2H3,(H,26,28). The van der Waals surface area contributed by atoms with Crippen molar-refractivity contribution >= 4 is 44.7 Å². The lowest BCUT2D eigenvalue weighted by Crippen LogP contribution is -2.23. The zero-order chi connectivity index (χ0) is 21.3. The van der Waals surface area contributed by atoms with Crippen LogP contribution in [0.5, 0.6) is 0 Å². The van der Waals surface area contributed by atoms with Gasteiger partial charge in [-0.1, -0.05) is 47.5 Å². The maximum Gasteiger partial charge on any atom is 0.262 e. The Hall–Kier alpha value is -2.96. The average molecular weight is 438 g/mol. The quantitative estimate of drug-likeness (QED) is 0.453. The molecule has 0 bridgehead atoms. The Morgan fingerprint density at radius 3 is 2.60 bits per heavy atom. The lowest BCUT2D eigenvalue weighted by molar-refractivity contribution is -0.116. The molecule has 0 radical (unpaired) electrons. The van der Waals surface area contributed by atoms with Gasteiger partial charge in [0.1, 0.15) is 4.83 Å². The third-order valence-corrected chi connectivity index (χ3v) is 6.10. The van der Waals surface area contributed by atoms with Crippen molar-refractivity contribution in [2.24, 2.45) is 0 Å². The van der Waals surface area contributed by atoms with E-state index in [1.807, 2.05) is 49.6 Å². The molecule has 5 nitrogen and oxygen atoms in total. The van der Waals surface area contributed by atoms with Crippen LogP contribution in [0, 0.1) is 13.8 Å². The molecular formula is C23H20ClN3O2S. The number of thiophene rings is 1. The minimum absolute atomic E-state index is 0.140. The fraction of sp³-hybridized carbons (Fsp3) is 0.174. The van der Waals surface area contributed by atoms with Gasteiger partial charge in [0.05, 0.1) is 22.4 Å². The van der Waals surface area contributed by atoms with Crippen LogP contribution in [0.4, 0.5) is 5.69 Å². The SMILES string of the molecule is Cc1ccc(-c2csc3ncn(CCC(=O)Nc4ccc(C)cc4Cl)c(=O)c23)cc1. The van der Waals surface area contributed by atoms with E-state index < -0.39 is 0 Å². The summed E-state index contributed by atoms with van der Waals surface area (Å²) in [5.41, 5.74) is 4.45. The van der Waals surface area contributed by atoms with Crippen molar-refractivity contribution in [2.75, 3.05) is 5.32 Å². The van der Waals surface area contributed by atoms with Gasteiger partial charge in [-0.25, -0.2) is 4.98 Å². The monoisotopic (exact) mass is 437 g/mol. The van der Waals surface area contributed by atoms with Crippen LogP contribution in [0.25, 0.3) is 21.3 Å². The minimum atomic E-state index is -0.211. The maximum absolute atomic E-state index is 13.1. The lowest BCUT2D eigenvalue weighted by atomic mass is 10.1. The van der Waals surface area contributed by atoms with Gasteiger partial charge in [-0.2, -0.15) is 0 Å². The van der Waals surface area contributed by atoms with Crippen molar-refractivity contribution < 1.29 is 4.79 Å². The van der Waals surface area contributed by atoms with Gasteiger partial charge in [-0.05, 0) is 37.1 Å². The molecule has 7 heteroatoms. The number of hydrogen-bond donors (Lipinski definition) is 1. The zero-order valence-electron chi connectivity index (χ0n) is 16.6. The third kappa shape index (κ3) is 4.15. The third-order valence-electron chi connectivity index (χ3n) is 4.90. The first-order valence-electron chi connectivity index (χ1n) is 9.52. The lowest BCUT2D eigenvalue weighted by Gasteiger charge is -2.09. The molecule has 2 aromatic heterocycles. The number of aromatic nitrogens is 2. The van der Waals surface area contributed by atoms with Gasteiger partial charge in [0.15, 0.2) is 0 Å². The number of anilines is 1. The van der Waals surface area contributed by atoms with E-state index in [1.165, 1.54) is 22.2 Å². The van der Waals surface area contributed by atoms with E-state index in [0.717, 1.165) is 22.3 Å². The van der Waals surface area contributed by atoms with Crippen LogP contribution in [0.3, 0.4) is 0 Å². The Labute approximate surface area is 183 Å². The maximum atomic E-state index is 13.1. The molecule has 1 amide bonds. The van der Waals surface area contributed by atoms with Crippen LogP contribution < -0.4 is 10.9 Å². The van der Waals surface area contributed by atoms with Crippen molar-refractivity contribution in [3.05, 3.63) is 80.7 Å². The zero-order valence-corrected chi connectivity index (χ0v) is 18.2. The van der Waals surface area contributed by atoms with E-state index >= 15 is 0 Å². The number of nitrogens with one attached hydrogen (secondary N) is 1. The second kappa shape index (κ2) is 8.42. The number of hydrogen-bond acceptors (Lipinski definition) is 4. The molecule has 0 fully saturated rings. The number of aryl methyl sites for hydroxylation is 3. The Bertz CT molecular complexity index is 1290. The molecule has 0 unspecified atom stereocenters. The van der Waals surface area contributed by atoms with Gasteiger partial charge in [-0.3, -0.25) is 14.2 Å². The number of fused-ring (bicyclic) bond motifs is 1. The Morgan fingerprint density at radius 2 is 1.87 bits per heavy atom. The number of amides is 1. The summed E-state index contributed by atoms with van der Waals surface area (Å²) in [5, 5.41) is 5.84. The van der Waals surface area contributed by atoms with E-state index in [0.29, 0.717) is 20.9 Å². The molecule has 0 saturated heterocycles. The Morgan fingerprint density at radius 1 is 1.13 bits per heavy atom. The van der Waals surface area contributed by atoms with E-state index in [4.69, 9.17) is 11.6 Å². The van der Waals surface area contributed by atoms with Crippen LogP contribution in [-0.4, -0.2) is 15.5 Å². The molecule has 2 heterocycles. The molecule has 0 aliphatic carbocycles. The van der Waals surface area contributed by atoms with Gasteiger partial charge >= 0.3 is 0 Å². The second-order valence-corrected chi connectivity index (χ2v) is 8.49. The normalized spacial score (nSPS) is 11.0. The second-order valence-electron chi connectivity index (χ2n) is 7.22. The van der Waals surface area contributed by atoms with Crippen molar-refractivity contribution in [3.8, 4) is 11.1 Å². The number of carbonyl (C=O) groups excluding carboxylic acids is 1. The highest BCUT2D eigenvalue weighted by atomic mass is 35.5. The minimum Gasteiger partial charge on any atom is -0.325 e. The average Bonchev–Trinajstić information content (AvgIpc) is 3.15. The van der Waals surface area contributed by atoms with Gasteiger partial charge in [-0.15, -0.1) is 11.3 Å². The molecule has 30 heavy (non-hydrogen) atoms. The highest BCUT2D eigenvalue weighted by molar-refractivity contribution is 7.17. The van der Waals surface area contributed by atoms with Crippen LogP contribution in [0.2, 0.25) is 5.02 Å².